The molecule has 1 unspecified atom stereocenters. The van der Waals surface area contributed by atoms with E-state index < -0.39 is 0 Å². The minimum atomic E-state index is 0.0131. The first kappa shape index (κ1) is 13.7. The summed E-state index contributed by atoms with van der Waals surface area (Å²) in [7, 11) is 0. The molecular weight excluding hydrogens is 264 g/mol. The first-order valence-electron chi connectivity index (χ1n) is 7.29. The van der Waals surface area contributed by atoms with Gasteiger partial charge in [-0.15, -0.1) is 0 Å². The lowest BCUT2D eigenvalue weighted by Crippen LogP contribution is -2.44. The Morgan fingerprint density at radius 3 is 3.29 bits per heavy atom. The Morgan fingerprint density at radius 2 is 2.48 bits per heavy atom. The van der Waals surface area contributed by atoms with Crippen LogP contribution >= 0.6 is 0 Å². The van der Waals surface area contributed by atoms with Gasteiger partial charge in [-0.3, -0.25) is 4.79 Å². The zero-order valence-electron chi connectivity index (χ0n) is 12.2. The van der Waals surface area contributed by atoms with E-state index in [-0.39, 0.29) is 11.9 Å². The molecule has 1 fully saturated rings. The van der Waals surface area contributed by atoms with Gasteiger partial charge in [-0.25, -0.2) is 4.98 Å². The number of nitrogens with one attached hydrogen (secondary N) is 2. The van der Waals surface area contributed by atoms with E-state index in [1.165, 1.54) is 11.6 Å². The largest absolute Gasteiger partial charge is 0.380 e. The van der Waals surface area contributed by atoms with Gasteiger partial charge in [0.05, 0.1) is 0 Å². The topological polar surface area (TPSA) is 61.0 Å². The molecule has 0 radical (unpaired) electrons. The molecule has 0 saturated carbocycles. The van der Waals surface area contributed by atoms with Crippen LogP contribution in [0.15, 0.2) is 31.1 Å². The fourth-order valence-electron chi connectivity index (χ4n) is 2.98. The summed E-state index contributed by atoms with van der Waals surface area (Å²) in [6.07, 6.45) is 7.24. The fourth-order valence-corrected chi connectivity index (χ4v) is 2.98. The number of H-pyrrole nitrogens is 1. The van der Waals surface area contributed by atoms with Crippen LogP contribution in [-0.2, 0) is 4.79 Å². The van der Waals surface area contributed by atoms with Crippen molar-refractivity contribution in [3.63, 3.8) is 0 Å². The number of hydrogen-bond acceptors (Lipinski definition) is 3. The van der Waals surface area contributed by atoms with Crippen LogP contribution in [0.1, 0.15) is 18.4 Å². The lowest BCUT2D eigenvalue weighted by Gasteiger charge is -2.33. The normalized spacial score (nSPS) is 18.7. The SMILES string of the molecule is C=CC(=O)N1CCCC(Nc2ccnc3[nH]cc(C)c23)C1. The minimum Gasteiger partial charge on any atom is -0.380 e. The Kier molecular flexibility index (Phi) is 3.64. The van der Waals surface area contributed by atoms with E-state index in [2.05, 4.69) is 28.8 Å². The van der Waals surface area contributed by atoms with Crippen molar-refractivity contribution >= 4 is 22.6 Å². The Hall–Kier alpha value is -2.30. The Bertz CT molecular complexity index is 676. The number of hydrogen-bond donors (Lipinski definition) is 2. The van der Waals surface area contributed by atoms with Crippen molar-refractivity contribution in [2.45, 2.75) is 25.8 Å². The number of carbonyl (C=O) groups is 1. The van der Waals surface area contributed by atoms with Crippen molar-refractivity contribution in [1.82, 2.24) is 14.9 Å². The van der Waals surface area contributed by atoms with E-state index >= 15 is 0 Å². The predicted octanol–water partition coefficient (Wildman–Crippen LogP) is 2.46. The molecule has 1 amide bonds. The standard InChI is InChI=1S/C16H20N4O/c1-3-14(21)20-8-4-5-12(10-20)19-13-6-7-17-16-15(13)11(2)9-18-16/h3,6-7,9,12H,1,4-5,8,10H2,2H3,(H2,17,18,19). The van der Waals surface area contributed by atoms with Crippen molar-refractivity contribution in [2.75, 3.05) is 18.4 Å². The van der Waals surface area contributed by atoms with E-state index in [1.807, 2.05) is 17.2 Å². The smallest absolute Gasteiger partial charge is 0.246 e. The first-order chi connectivity index (χ1) is 10.2. The van der Waals surface area contributed by atoms with Crippen LogP contribution in [0.25, 0.3) is 11.0 Å². The van der Waals surface area contributed by atoms with E-state index in [0.29, 0.717) is 0 Å². The molecule has 2 aromatic rings. The van der Waals surface area contributed by atoms with Gasteiger partial charge in [0.25, 0.3) is 0 Å². The molecule has 0 aromatic carbocycles. The number of amides is 1. The molecule has 0 bridgehead atoms. The third-order valence-corrected chi connectivity index (χ3v) is 4.04. The van der Waals surface area contributed by atoms with Crippen LogP contribution in [0.3, 0.4) is 0 Å². The van der Waals surface area contributed by atoms with Crippen molar-refractivity contribution in [3.8, 4) is 0 Å². The summed E-state index contributed by atoms with van der Waals surface area (Å²) in [5, 5.41) is 4.70. The van der Waals surface area contributed by atoms with E-state index in [9.17, 15) is 4.79 Å². The van der Waals surface area contributed by atoms with Crippen LogP contribution in [0.5, 0.6) is 0 Å². The molecule has 3 heterocycles. The molecule has 5 heteroatoms. The van der Waals surface area contributed by atoms with Crippen LogP contribution in [0.2, 0.25) is 0 Å². The molecular formula is C16H20N4O. The second kappa shape index (κ2) is 5.60. The fraction of sp³-hybridized carbons (Fsp3) is 0.375. The van der Waals surface area contributed by atoms with E-state index in [0.717, 1.165) is 42.7 Å². The number of aryl methyl sites for hydroxylation is 1. The number of piperidine rings is 1. The highest BCUT2D eigenvalue weighted by atomic mass is 16.2. The molecule has 2 N–H and O–H groups in total. The Balaban J connectivity index is 1.80. The summed E-state index contributed by atoms with van der Waals surface area (Å²) >= 11 is 0. The number of rotatable bonds is 3. The molecule has 1 atom stereocenters. The zero-order chi connectivity index (χ0) is 14.8. The number of carbonyl (C=O) groups excluding carboxylic acids is 1. The first-order valence-corrected chi connectivity index (χ1v) is 7.29. The molecule has 3 rings (SSSR count). The minimum absolute atomic E-state index is 0.0131. The average molecular weight is 284 g/mol. The molecule has 2 aromatic heterocycles. The van der Waals surface area contributed by atoms with Crippen LogP contribution in [0.4, 0.5) is 5.69 Å². The average Bonchev–Trinajstić information content (AvgIpc) is 2.89. The summed E-state index contributed by atoms with van der Waals surface area (Å²) in [5.74, 6) is 0.0131. The van der Waals surface area contributed by atoms with Gasteiger partial charge in [-0.05, 0) is 37.5 Å². The third-order valence-electron chi connectivity index (χ3n) is 4.04. The molecule has 110 valence electrons. The lowest BCUT2D eigenvalue weighted by atomic mass is 10.0. The van der Waals surface area contributed by atoms with Gasteiger partial charge in [0.1, 0.15) is 5.65 Å². The van der Waals surface area contributed by atoms with Gasteiger partial charge in [0, 0.05) is 42.6 Å². The number of nitrogens with zero attached hydrogens (tertiary/aromatic N) is 2. The van der Waals surface area contributed by atoms with Gasteiger partial charge in [0.15, 0.2) is 0 Å². The summed E-state index contributed by atoms with van der Waals surface area (Å²) in [5.41, 5.74) is 3.15. The van der Waals surface area contributed by atoms with Gasteiger partial charge < -0.3 is 15.2 Å². The molecule has 0 spiro atoms. The number of aromatic amines is 1. The summed E-state index contributed by atoms with van der Waals surface area (Å²) in [6, 6.07) is 2.26. The highest BCUT2D eigenvalue weighted by molar-refractivity contribution is 5.92. The highest BCUT2D eigenvalue weighted by Gasteiger charge is 2.22. The molecule has 5 nitrogen and oxygen atoms in total. The second-order valence-corrected chi connectivity index (χ2v) is 5.53. The molecule has 1 aliphatic rings. The third kappa shape index (κ3) is 2.63. The zero-order valence-corrected chi connectivity index (χ0v) is 12.2. The number of pyridine rings is 1. The maximum absolute atomic E-state index is 11.8. The number of aromatic nitrogens is 2. The molecule has 21 heavy (non-hydrogen) atoms. The van der Waals surface area contributed by atoms with Crippen molar-refractivity contribution < 1.29 is 4.79 Å². The number of likely N-dealkylation sites (tertiary alicyclic amines) is 1. The summed E-state index contributed by atoms with van der Waals surface area (Å²) < 4.78 is 0. The highest BCUT2D eigenvalue weighted by Crippen LogP contribution is 2.26. The quantitative estimate of drug-likeness (QED) is 0.851. The predicted molar refractivity (Wildman–Crippen MR) is 84.3 cm³/mol. The number of anilines is 1. The summed E-state index contributed by atoms with van der Waals surface area (Å²) in [6.45, 7) is 7.17. The van der Waals surface area contributed by atoms with Gasteiger partial charge >= 0.3 is 0 Å². The van der Waals surface area contributed by atoms with Crippen molar-refractivity contribution in [3.05, 3.63) is 36.7 Å². The lowest BCUT2D eigenvalue weighted by molar-refractivity contribution is -0.127. The van der Waals surface area contributed by atoms with E-state index in [4.69, 9.17) is 0 Å². The van der Waals surface area contributed by atoms with Crippen molar-refractivity contribution in [1.29, 1.82) is 0 Å². The van der Waals surface area contributed by atoms with Crippen LogP contribution in [-0.4, -0.2) is 39.9 Å². The van der Waals surface area contributed by atoms with Gasteiger partial charge in [-0.2, -0.15) is 0 Å². The maximum atomic E-state index is 11.8. The van der Waals surface area contributed by atoms with Gasteiger partial charge in [0.2, 0.25) is 5.91 Å². The molecule has 1 aliphatic heterocycles. The second-order valence-electron chi connectivity index (χ2n) is 5.53. The number of fused-ring (bicyclic) bond motifs is 1. The Morgan fingerprint density at radius 1 is 1.62 bits per heavy atom. The van der Waals surface area contributed by atoms with Gasteiger partial charge in [-0.1, -0.05) is 6.58 Å². The molecule has 0 aliphatic carbocycles. The molecule has 1 saturated heterocycles. The Labute approximate surface area is 124 Å². The van der Waals surface area contributed by atoms with Crippen molar-refractivity contribution in [2.24, 2.45) is 0 Å². The summed E-state index contributed by atoms with van der Waals surface area (Å²) in [4.78, 5) is 21.1. The maximum Gasteiger partial charge on any atom is 0.246 e. The van der Waals surface area contributed by atoms with Crippen LogP contribution in [0, 0.1) is 6.92 Å². The van der Waals surface area contributed by atoms with Crippen LogP contribution < -0.4 is 5.32 Å². The monoisotopic (exact) mass is 284 g/mol. The van der Waals surface area contributed by atoms with E-state index in [1.54, 1.807) is 6.20 Å².